The van der Waals surface area contributed by atoms with Gasteiger partial charge in [-0.05, 0) is 18.2 Å². The highest BCUT2D eigenvalue weighted by molar-refractivity contribution is 5.94. The second kappa shape index (κ2) is 4.61. The zero-order valence-electron chi connectivity index (χ0n) is 9.79. The number of hydrogen-bond acceptors (Lipinski definition) is 2. The van der Waals surface area contributed by atoms with Crippen LogP contribution in [-0.2, 0) is 6.18 Å². The standard InChI is InChI=1S/C12H13F3N2O/c1-17(10-6-16-7-10)11(18)8-3-2-4-9(5-8)12(13,14)15/h2-5,10,16H,6-7H2,1H3. The summed E-state index contributed by atoms with van der Waals surface area (Å²) in [4.78, 5) is 13.5. The molecule has 1 aliphatic heterocycles. The minimum Gasteiger partial charge on any atom is -0.336 e. The predicted octanol–water partition coefficient (Wildman–Crippen LogP) is 1.75. The van der Waals surface area contributed by atoms with E-state index in [9.17, 15) is 18.0 Å². The van der Waals surface area contributed by atoms with Gasteiger partial charge in [-0.3, -0.25) is 4.79 Å². The quantitative estimate of drug-likeness (QED) is 0.876. The molecule has 0 spiro atoms. The van der Waals surface area contributed by atoms with Gasteiger partial charge in [0.1, 0.15) is 0 Å². The SMILES string of the molecule is CN(C(=O)c1cccc(C(F)(F)F)c1)C1CNC1. The van der Waals surface area contributed by atoms with Crippen LogP contribution in [-0.4, -0.2) is 37.0 Å². The van der Waals surface area contributed by atoms with Gasteiger partial charge in [0.15, 0.2) is 0 Å². The molecule has 1 aromatic rings. The van der Waals surface area contributed by atoms with Crippen molar-refractivity contribution in [3.63, 3.8) is 0 Å². The molecule has 0 aliphatic carbocycles. The number of rotatable bonds is 2. The third-order valence-corrected chi connectivity index (χ3v) is 3.06. The zero-order chi connectivity index (χ0) is 13.3. The number of alkyl halides is 3. The maximum atomic E-state index is 12.5. The van der Waals surface area contributed by atoms with Crippen molar-refractivity contribution >= 4 is 5.91 Å². The second-order valence-electron chi connectivity index (χ2n) is 4.31. The fraction of sp³-hybridized carbons (Fsp3) is 0.417. The first kappa shape index (κ1) is 12.9. The number of likely N-dealkylation sites (N-methyl/N-ethyl adjacent to an activating group) is 1. The van der Waals surface area contributed by atoms with Gasteiger partial charge in [-0.1, -0.05) is 6.07 Å². The van der Waals surface area contributed by atoms with E-state index in [1.807, 2.05) is 0 Å². The Morgan fingerprint density at radius 2 is 2.06 bits per heavy atom. The maximum Gasteiger partial charge on any atom is 0.416 e. The minimum atomic E-state index is -4.42. The van der Waals surface area contributed by atoms with Crippen molar-refractivity contribution in [3.8, 4) is 0 Å². The Balaban J connectivity index is 2.20. The van der Waals surface area contributed by atoms with Crippen LogP contribution in [0, 0.1) is 0 Å². The van der Waals surface area contributed by atoms with Gasteiger partial charge in [-0.25, -0.2) is 0 Å². The van der Waals surface area contributed by atoms with Gasteiger partial charge in [-0.2, -0.15) is 13.2 Å². The molecule has 1 saturated heterocycles. The lowest BCUT2D eigenvalue weighted by Crippen LogP contribution is -2.57. The van der Waals surface area contributed by atoms with Gasteiger partial charge in [0, 0.05) is 25.7 Å². The molecule has 2 rings (SSSR count). The van der Waals surface area contributed by atoms with E-state index in [0.717, 1.165) is 12.1 Å². The van der Waals surface area contributed by atoms with E-state index < -0.39 is 11.7 Å². The Bertz CT molecular complexity index is 455. The number of nitrogens with zero attached hydrogens (tertiary/aromatic N) is 1. The summed E-state index contributed by atoms with van der Waals surface area (Å²) in [5, 5.41) is 3.01. The number of halogens is 3. The third kappa shape index (κ3) is 2.48. The van der Waals surface area contributed by atoms with Crippen LogP contribution in [0.1, 0.15) is 15.9 Å². The van der Waals surface area contributed by atoms with Crippen LogP contribution in [0.15, 0.2) is 24.3 Å². The fourth-order valence-corrected chi connectivity index (χ4v) is 1.75. The molecule has 1 aliphatic rings. The third-order valence-electron chi connectivity index (χ3n) is 3.06. The molecule has 1 heterocycles. The van der Waals surface area contributed by atoms with Gasteiger partial charge in [0.2, 0.25) is 0 Å². The summed E-state index contributed by atoms with van der Waals surface area (Å²) in [6.45, 7) is 1.36. The number of carbonyl (C=O) groups is 1. The van der Waals surface area contributed by atoms with E-state index in [0.29, 0.717) is 13.1 Å². The number of amides is 1. The molecule has 0 bridgehead atoms. The molecule has 0 aromatic heterocycles. The lowest BCUT2D eigenvalue weighted by molar-refractivity contribution is -0.137. The smallest absolute Gasteiger partial charge is 0.336 e. The van der Waals surface area contributed by atoms with Crippen LogP contribution in [0.25, 0.3) is 0 Å². The topological polar surface area (TPSA) is 32.3 Å². The van der Waals surface area contributed by atoms with Gasteiger partial charge in [-0.15, -0.1) is 0 Å². The maximum absolute atomic E-state index is 12.5. The van der Waals surface area contributed by atoms with Gasteiger partial charge >= 0.3 is 6.18 Å². The molecule has 18 heavy (non-hydrogen) atoms. The average Bonchev–Trinajstić information content (AvgIpc) is 2.24. The summed E-state index contributed by atoms with van der Waals surface area (Å²) in [6.07, 6.45) is -4.42. The lowest BCUT2D eigenvalue weighted by Gasteiger charge is -2.35. The van der Waals surface area contributed by atoms with E-state index in [1.54, 1.807) is 7.05 Å². The highest BCUT2D eigenvalue weighted by Gasteiger charge is 2.32. The Kier molecular flexibility index (Phi) is 3.30. The molecule has 1 aromatic carbocycles. The summed E-state index contributed by atoms with van der Waals surface area (Å²) < 4.78 is 37.6. The van der Waals surface area contributed by atoms with E-state index in [4.69, 9.17) is 0 Å². The number of hydrogen-bond donors (Lipinski definition) is 1. The highest BCUT2D eigenvalue weighted by Crippen LogP contribution is 2.29. The van der Waals surface area contributed by atoms with E-state index in [2.05, 4.69) is 5.32 Å². The van der Waals surface area contributed by atoms with Crippen LogP contribution in [0.2, 0.25) is 0 Å². The Morgan fingerprint density at radius 1 is 1.39 bits per heavy atom. The van der Waals surface area contributed by atoms with Crippen LogP contribution < -0.4 is 5.32 Å². The minimum absolute atomic E-state index is 0.0621. The molecule has 0 saturated carbocycles. The normalized spacial score (nSPS) is 16.2. The van der Waals surface area contributed by atoms with Crippen LogP contribution in [0.3, 0.4) is 0 Å². The molecule has 1 N–H and O–H groups in total. The number of benzene rings is 1. The molecule has 0 radical (unpaired) electrons. The first-order valence-corrected chi connectivity index (χ1v) is 5.55. The Hall–Kier alpha value is -1.56. The van der Waals surface area contributed by atoms with Crippen molar-refractivity contribution in [2.24, 2.45) is 0 Å². The molecule has 1 amide bonds. The van der Waals surface area contributed by atoms with Crippen molar-refractivity contribution < 1.29 is 18.0 Å². The Morgan fingerprint density at radius 3 is 2.56 bits per heavy atom. The molecule has 98 valence electrons. The fourth-order valence-electron chi connectivity index (χ4n) is 1.75. The largest absolute Gasteiger partial charge is 0.416 e. The Labute approximate surface area is 103 Å². The van der Waals surface area contributed by atoms with E-state index >= 15 is 0 Å². The van der Waals surface area contributed by atoms with Crippen LogP contribution in [0.5, 0.6) is 0 Å². The van der Waals surface area contributed by atoms with Crippen molar-refractivity contribution in [2.45, 2.75) is 12.2 Å². The zero-order valence-corrected chi connectivity index (χ0v) is 9.79. The predicted molar refractivity (Wildman–Crippen MR) is 60.2 cm³/mol. The summed E-state index contributed by atoms with van der Waals surface area (Å²) in [6, 6.07) is 4.57. The summed E-state index contributed by atoms with van der Waals surface area (Å²) >= 11 is 0. The first-order chi connectivity index (χ1) is 8.39. The van der Waals surface area contributed by atoms with Crippen molar-refractivity contribution in [2.75, 3.05) is 20.1 Å². The monoisotopic (exact) mass is 258 g/mol. The second-order valence-corrected chi connectivity index (χ2v) is 4.31. The molecule has 0 unspecified atom stereocenters. The van der Waals surface area contributed by atoms with Gasteiger partial charge in [0.25, 0.3) is 5.91 Å². The summed E-state index contributed by atoms with van der Waals surface area (Å²) in [5.41, 5.74) is -0.729. The average molecular weight is 258 g/mol. The van der Waals surface area contributed by atoms with E-state index in [-0.39, 0.29) is 17.5 Å². The first-order valence-electron chi connectivity index (χ1n) is 5.55. The van der Waals surface area contributed by atoms with Crippen LogP contribution in [0.4, 0.5) is 13.2 Å². The van der Waals surface area contributed by atoms with Crippen molar-refractivity contribution in [1.82, 2.24) is 10.2 Å². The van der Waals surface area contributed by atoms with Gasteiger partial charge < -0.3 is 10.2 Å². The number of carbonyl (C=O) groups excluding carboxylic acids is 1. The number of nitrogens with one attached hydrogen (secondary N) is 1. The molecule has 6 heteroatoms. The van der Waals surface area contributed by atoms with Crippen molar-refractivity contribution in [1.29, 1.82) is 0 Å². The highest BCUT2D eigenvalue weighted by atomic mass is 19.4. The summed E-state index contributed by atoms with van der Waals surface area (Å²) in [7, 11) is 1.61. The summed E-state index contributed by atoms with van der Waals surface area (Å²) in [5.74, 6) is -0.382. The lowest BCUT2D eigenvalue weighted by atomic mass is 10.1. The van der Waals surface area contributed by atoms with Gasteiger partial charge in [0.05, 0.1) is 11.6 Å². The molecule has 0 atom stereocenters. The molecule has 1 fully saturated rings. The van der Waals surface area contributed by atoms with Crippen LogP contribution >= 0.6 is 0 Å². The molecule has 3 nitrogen and oxygen atoms in total. The van der Waals surface area contributed by atoms with E-state index in [1.165, 1.54) is 17.0 Å². The molecular weight excluding hydrogens is 245 g/mol. The van der Waals surface area contributed by atoms with Crippen molar-refractivity contribution in [3.05, 3.63) is 35.4 Å². The molecular formula is C12H13F3N2O.